The Balaban J connectivity index is 2.20. The van der Waals surface area contributed by atoms with Crippen molar-refractivity contribution >= 4 is 17.4 Å². The first kappa shape index (κ1) is 10.8. The first-order valence-corrected chi connectivity index (χ1v) is 5.35. The molecule has 4 heteroatoms. The molecule has 1 aromatic carbocycles. The summed E-state index contributed by atoms with van der Waals surface area (Å²) < 4.78 is 0. The van der Waals surface area contributed by atoms with Crippen LogP contribution in [0.25, 0.3) is 0 Å². The second-order valence-electron chi connectivity index (χ2n) is 3.76. The molecule has 1 aliphatic heterocycles. The maximum atomic E-state index is 11.7. The van der Waals surface area contributed by atoms with Gasteiger partial charge in [-0.05, 0) is 32.1 Å². The fourth-order valence-corrected chi connectivity index (χ4v) is 1.88. The molecule has 0 saturated carbocycles. The summed E-state index contributed by atoms with van der Waals surface area (Å²) in [4.78, 5) is 24.9. The van der Waals surface area contributed by atoms with Crippen molar-refractivity contribution in [2.45, 2.75) is 6.42 Å². The molecule has 0 unspecified atom stereocenters. The molecule has 2 rings (SSSR count). The van der Waals surface area contributed by atoms with Crippen LogP contribution >= 0.6 is 0 Å². The highest BCUT2D eigenvalue weighted by Crippen LogP contribution is 2.28. The van der Waals surface area contributed by atoms with Crippen LogP contribution in [0.2, 0.25) is 0 Å². The van der Waals surface area contributed by atoms with E-state index in [2.05, 4.69) is 5.32 Å². The SMILES string of the molecule is CNCCCN1C(=O)C(=O)c2ccccc21. The summed E-state index contributed by atoms with van der Waals surface area (Å²) in [5, 5.41) is 3.02. The van der Waals surface area contributed by atoms with Gasteiger partial charge in [-0.15, -0.1) is 0 Å². The number of carbonyl (C=O) groups is 2. The lowest BCUT2D eigenvalue weighted by Crippen LogP contribution is -2.32. The Morgan fingerprint density at radius 1 is 1.25 bits per heavy atom. The Morgan fingerprint density at radius 3 is 2.75 bits per heavy atom. The number of rotatable bonds is 4. The number of ketones is 1. The van der Waals surface area contributed by atoms with Crippen molar-refractivity contribution in [3.05, 3.63) is 29.8 Å². The number of hydrogen-bond acceptors (Lipinski definition) is 3. The predicted octanol–water partition coefficient (Wildman–Crippen LogP) is 0.825. The zero-order chi connectivity index (χ0) is 11.5. The van der Waals surface area contributed by atoms with Gasteiger partial charge >= 0.3 is 0 Å². The molecule has 0 bridgehead atoms. The average molecular weight is 218 g/mol. The highest BCUT2D eigenvalue weighted by Gasteiger charge is 2.34. The lowest BCUT2D eigenvalue weighted by Gasteiger charge is -2.15. The first-order chi connectivity index (χ1) is 7.75. The molecule has 0 saturated heterocycles. The van der Waals surface area contributed by atoms with Gasteiger partial charge in [0.1, 0.15) is 0 Å². The Labute approximate surface area is 94.2 Å². The minimum Gasteiger partial charge on any atom is -0.320 e. The minimum absolute atomic E-state index is 0.389. The van der Waals surface area contributed by atoms with Crippen LogP contribution in [0.15, 0.2) is 24.3 Å². The summed E-state index contributed by atoms with van der Waals surface area (Å²) in [5.74, 6) is -0.794. The van der Waals surface area contributed by atoms with Crippen LogP contribution < -0.4 is 10.2 Å². The number of nitrogens with one attached hydrogen (secondary N) is 1. The summed E-state index contributed by atoms with van der Waals surface area (Å²) in [6.07, 6.45) is 0.837. The Kier molecular flexibility index (Phi) is 3.01. The lowest BCUT2D eigenvalue weighted by atomic mass is 10.1. The van der Waals surface area contributed by atoms with E-state index < -0.39 is 5.91 Å². The number of amides is 1. The summed E-state index contributed by atoms with van der Waals surface area (Å²) in [6, 6.07) is 7.14. The van der Waals surface area contributed by atoms with Crippen LogP contribution in [0.5, 0.6) is 0 Å². The molecule has 0 aliphatic carbocycles. The molecule has 84 valence electrons. The number of Topliss-reactive ketones (excluding diaryl/α,β-unsaturated/α-hetero) is 1. The first-order valence-electron chi connectivity index (χ1n) is 5.35. The molecule has 0 atom stereocenters. The second-order valence-corrected chi connectivity index (χ2v) is 3.76. The molecule has 1 aromatic rings. The van der Waals surface area contributed by atoms with Gasteiger partial charge in [0.2, 0.25) is 0 Å². The van der Waals surface area contributed by atoms with Crippen molar-refractivity contribution in [3.63, 3.8) is 0 Å². The third kappa shape index (κ3) is 1.72. The Hall–Kier alpha value is -1.68. The molecular weight excluding hydrogens is 204 g/mol. The third-order valence-electron chi connectivity index (χ3n) is 2.69. The molecule has 0 radical (unpaired) electrons. The summed E-state index contributed by atoms with van der Waals surface area (Å²) in [5.41, 5.74) is 1.27. The molecule has 0 fully saturated rings. The van der Waals surface area contributed by atoms with Crippen molar-refractivity contribution in [1.82, 2.24) is 5.32 Å². The topological polar surface area (TPSA) is 49.4 Å². The van der Waals surface area contributed by atoms with E-state index >= 15 is 0 Å². The number of carbonyl (C=O) groups excluding carboxylic acids is 2. The lowest BCUT2D eigenvalue weighted by molar-refractivity contribution is -0.114. The van der Waals surface area contributed by atoms with E-state index in [9.17, 15) is 9.59 Å². The molecule has 1 N–H and O–H groups in total. The maximum absolute atomic E-state index is 11.7. The molecule has 0 spiro atoms. The number of anilines is 1. The highest BCUT2D eigenvalue weighted by atomic mass is 16.2. The molecule has 1 heterocycles. The van der Waals surface area contributed by atoms with Gasteiger partial charge in [0.05, 0.1) is 11.3 Å². The predicted molar refractivity (Wildman–Crippen MR) is 61.7 cm³/mol. The monoisotopic (exact) mass is 218 g/mol. The molecule has 4 nitrogen and oxygen atoms in total. The Bertz CT molecular complexity index is 429. The minimum atomic E-state index is -0.405. The molecule has 1 aliphatic rings. The maximum Gasteiger partial charge on any atom is 0.299 e. The van der Waals surface area contributed by atoms with E-state index in [4.69, 9.17) is 0 Å². The van der Waals surface area contributed by atoms with E-state index in [1.54, 1.807) is 17.0 Å². The van der Waals surface area contributed by atoms with Gasteiger partial charge < -0.3 is 10.2 Å². The number of nitrogens with zero attached hydrogens (tertiary/aromatic N) is 1. The normalized spacial score (nSPS) is 14.4. The van der Waals surface area contributed by atoms with Crippen LogP contribution in [0.3, 0.4) is 0 Å². The smallest absolute Gasteiger partial charge is 0.299 e. The molecule has 1 amide bonds. The fourth-order valence-electron chi connectivity index (χ4n) is 1.88. The average Bonchev–Trinajstić information content (AvgIpc) is 2.55. The van der Waals surface area contributed by atoms with Crippen molar-refractivity contribution in [2.24, 2.45) is 0 Å². The van der Waals surface area contributed by atoms with E-state index in [0.29, 0.717) is 12.1 Å². The third-order valence-corrected chi connectivity index (χ3v) is 2.69. The van der Waals surface area contributed by atoms with Gasteiger partial charge in [0, 0.05) is 6.54 Å². The number of hydrogen-bond donors (Lipinski definition) is 1. The van der Waals surface area contributed by atoms with Crippen molar-refractivity contribution in [2.75, 3.05) is 25.0 Å². The van der Waals surface area contributed by atoms with Crippen molar-refractivity contribution in [3.8, 4) is 0 Å². The van der Waals surface area contributed by atoms with Gasteiger partial charge in [0.15, 0.2) is 0 Å². The molecule has 16 heavy (non-hydrogen) atoms. The summed E-state index contributed by atoms with van der Waals surface area (Å²) in [7, 11) is 1.87. The standard InChI is InChI=1S/C12H14N2O2/c1-13-7-4-8-14-10-6-3-2-5-9(10)11(15)12(14)16/h2-3,5-6,13H,4,7-8H2,1H3. The van der Waals surface area contributed by atoms with Crippen molar-refractivity contribution in [1.29, 1.82) is 0 Å². The van der Waals surface area contributed by atoms with Gasteiger partial charge in [-0.3, -0.25) is 9.59 Å². The summed E-state index contributed by atoms with van der Waals surface area (Å²) >= 11 is 0. The van der Waals surface area contributed by atoms with Crippen LogP contribution in [-0.4, -0.2) is 31.8 Å². The number of fused-ring (bicyclic) bond motifs is 1. The fraction of sp³-hybridized carbons (Fsp3) is 0.333. The van der Waals surface area contributed by atoms with Gasteiger partial charge in [-0.25, -0.2) is 0 Å². The zero-order valence-electron chi connectivity index (χ0n) is 9.19. The zero-order valence-corrected chi connectivity index (χ0v) is 9.19. The van der Waals surface area contributed by atoms with E-state index in [-0.39, 0.29) is 5.78 Å². The van der Waals surface area contributed by atoms with E-state index in [1.165, 1.54) is 0 Å². The largest absolute Gasteiger partial charge is 0.320 e. The van der Waals surface area contributed by atoms with Crippen LogP contribution in [0.4, 0.5) is 5.69 Å². The summed E-state index contributed by atoms with van der Waals surface area (Å²) in [6.45, 7) is 1.42. The quantitative estimate of drug-likeness (QED) is 0.601. The number of benzene rings is 1. The highest BCUT2D eigenvalue weighted by molar-refractivity contribution is 6.52. The van der Waals surface area contributed by atoms with Gasteiger partial charge in [-0.2, -0.15) is 0 Å². The van der Waals surface area contributed by atoms with Crippen molar-refractivity contribution < 1.29 is 9.59 Å². The number of para-hydroxylation sites is 1. The second kappa shape index (κ2) is 4.45. The van der Waals surface area contributed by atoms with Gasteiger partial charge in [0.25, 0.3) is 11.7 Å². The molecular formula is C12H14N2O2. The van der Waals surface area contributed by atoms with E-state index in [1.807, 2.05) is 19.2 Å². The van der Waals surface area contributed by atoms with Crippen LogP contribution in [-0.2, 0) is 4.79 Å². The van der Waals surface area contributed by atoms with Crippen LogP contribution in [0, 0.1) is 0 Å². The van der Waals surface area contributed by atoms with Gasteiger partial charge in [-0.1, -0.05) is 12.1 Å². The Morgan fingerprint density at radius 2 is 2.00 bits per heavy atom. The van der Waals surface area contributed by atoms with Crippen LogP contribution in [0.1, 0.15) is 16.8 Å². The molecule has 0 aromatic heterocycles. The van der Waals surface area contributed by atoms with E-state index in [0.717, 1.165) is 18.7 Å².